The van der Waals surface area contributed by atoms with Crippen LogP contribution >= 0.6 is 37.9 Å². The molecule has 0 fully saturated rings. The average molecular weight is 198 g/mol. The van der Waals surface area contributed by atoms with Crippen molar-refractivity contribution in [1.82, 2.24) is 0 Å². The first-order valence-electron chi connectivity index (χ1n) is 2.76. The van der Waals surface area contributed by atoms with Crippen LogP contribution in [-0.2, 0) is 9.53 Å². The van der Waals surface area contributed by atoms with Crippen molar-refractivity contribution in [3.05, 3.63) is 0 Å². The first kappa shape index (κ1) is 10.5. The van der Waals surface area contributed by atoms with Gasteiger partial charge in [0.1, 0.15) is 6.10 Å². The monoisotopic (exact) mass is 198 g/mol. The molecule has 0 aliphatic rings. The maximum atomic E-state index is 10.6. The Kier molecular flexibility index (Phi) is 6.57. The quantitative estimate of drug-likeness (QED) is 0.458. The van der Waals surface area contributed by atoms with Crippen molar-refractivity contribution in [2.75, 3.05) is 17.3 Å². The maximum absolute atomic E-state index is 10.6. The number of thiol groups is 3. The summed E-state index contributed by atoms with van der Waals surface area (Å²) in [7, 11) is 0. The van der Waals surface area contributed by atoms with Gasteiger partial charge in [-0.25, -0.2) is 0 Å². The molecule has 0 aromatic heterocycles. The summed E-state index contributed by atoms with van der Waals surface area (Å²) in [6, 6.07) is 0. The number of carbonyl (C=O) groups is 1. The van der Waals surface area contributed by atoms with Crippen molar-refractivity contribution in [2.24, 2.45) is 0 Å². The third kappa shape index (κ3) is 4.35. The molecular formula is C5H10O2S3. The fourth-order valence-electron chi connectivity index (χ4n) is 0.355. The molecule has 0 heterocycles. The van der Waals surface area contributed by atoms with Crippen LogP contribution in [0.2, 0.25) is 0 Å². The summed E-state index contributed by atoms with van der Waals surface area (Å²) in [5.74, 6) is 0.792. The molecule has 0 saturated heterocycles. The lowest BCUT2D eigenvalue weighted by Crippen LogP contribution is -2.22. The van der Waals surface area contributed by atoms with Crippen LogP contribution in [0.3, 0.4) is 0 Å². The minimum absolute atomic E-state index is 0.109. The molecule has 0 saturated carbocycles. The molecule has 0 N–H and O–H groups in total. The Morgan fingerprint density at radius 3 is 2.10 bits per heavy atom. The standard InChI is InChI=1S/C5H10O2S3/c6-5(3-10)7-4(1-8)2-9/h4,8-10H,1-3H2. The van der Waals surface area contributed by atoms with E-state index < -0.39 is 0 Å². The third-order valence-electron chi connectivity index (χ3n) is 0.834. The van der Waals surface area contributed by atoms with E-state index >= 15 is 0 Å². The fraction of sp³-hybridized carbons (Fsp3) is 0.800. The Labute approximate surface area is 76.9 Å². The lowest BCUT2D eigenvalue weighted by molar-refractivity contribution is -0.143. The zero-order valence-corrected chi connectivity index (χ0v) is 8.04. The van der Waals surface area contributed by atoms with Gasteiger partial charge in [-0.05, 0) is 0 Å². The molecule has 10 heavy (non-hydrogen) atoms. The van der Waals surface area contributed by atoms with Crippen molar-refractivity contribution >= 4 is 43.9 Å². The van der Waals surface area contributed by atoms with Crippen LogP contribution in [0.5, 0.6) is 0 Å². The van der Waals surface area contributed by atoms with Gasteiger partial charge >= 0.3 is 5.97 Å². The molecule has 0 aliphatic carbocycles. The highest BCUT2D eigenvalue weighted by molar-refractivity contribution is 7.81. The number of ether oxygens (including phenoxy) is 1. The van der Waals surface area contributed by atoms with Crippen molar-refractivity contribution in [3.8, 4) is 0 Å². The summed E-state index contributed by atoms with van der Waals surface area (Å²) in [4.78, 5) is 10.6. The highest BCUT2D eigenvalue weighted by atomic mass is 32.1. The van der Waals surface area contributed by atoms with Crippen molar-refractivity contribution in [2.45, 2.75) is 6.10 Å². The van der Waals surface area contributed by atoms with Crippen LogP contribution in [0.25, 0.3) is 0 Å². The van der Waals surface area contributed by atoms with Gasteiger partial charge in [0.25, 0.3) is 0 Å². The molecule has 0 aromatic rings. The van der Waals surface area contributed by atoms with Gasteiger partial charge in [0, 0.05) is 11.5 Å². The number of hydrogen-bond donors (Lipinski definition) is 3. The van der Waals surface area contributed by atoms with E-state index in [-0.39, 0.29) is 17.8 Å². The van der Waals surface area contributed by atoms with E-state index in [1.54, 1.807) is 0 Å². The average Bonchev–Trinajstić information content (AvgIpc) is 1.99. The van der Waals surface area contributed by atoms with Gasteiger partial charge in [0.15, 0.2) is 0 Å². The number of rotatable bonds is 4. The second-order valence-corrected chi connectivity index (χ2v) is 2.68. The second kappa shape index (κ2) is 6.24. The molecule has 60 valence electrons. The predicted octanol–water partition coefficient (Wildman–Crippen LogP) is 0.688. The van der Waals surface area contributed by atoms with Crippen molar-refractivity contribution in [3.63, 3.8) is 0 Å². The molecule has 0 aliphatic heterocycles. The Morgan fingerprint density at radius 2 is 1.80 bits per heavy atom. The van der Waals surface area contributed by atoms with E-state index in [0.29, 0.717) is 11.5 Å². The van der Waals surface area contributed by atoms with E-state index in [4.69, 9.17) is 4.74 Å². The molecule has 0 spiro atoms. The van der Waals surface area contributed by atoms with Gasteiger partial charge in [-0.15, -0.1) is 0 Å². The van der Waals surface area contributed by atoms with Crippen molar-refractivity contribution in [1.29, 1.82) is 0 Å². The lowest BCUT2D eigenvalue weighted by Gasteiger charge is -2.11. The smallest absolute Gasteiger partial charge is 0.315 e. The largest absolute Gasteiger partial charge is 0.460 e. The summed E-state index contributed by atoms with van der Waals surface area (Å²) in [5, 5.41) is 0. The molecule has 0 unspecified atom stereocenters. The van der Waals surface area contributed by atoms with E-state index in [2.05, 4.69) is 37.9 Å². The summed E-state index contributed by atoms with van der Waals surface area (Å²) in [6.07, 6.45) is -0.189. The molecule has 0 atom stereocenters. The summed E-state index contributed by atoms with van der Waals surface area (Å²) in [5.41, 5.74) is 0. The highest BCUT2D eigenvalue weighted by Crippen LogP contribution is 1.98. The first-order chi connectivity index (χ1) is 4.74. The fourth-order valence-corrected chi connectivity index (χ4v) is 1.04. The van der Waals surface area contributed by atoms with Gasteiger partial charge in [-0.3, -0.25) is 4.79 Å². The van der Waals surface area contributed by atoms with Crippen LogP contribution < -0.4 is 0 Å². The SMILES string of the molecule is O=C(CS)OC(CS)CS. The molecular weight excluding hydrogens is 188 g/mol. The Balaban J connectivity index is 3.52. The van der Waals surface area contributed by atoms with Crippen LogP contribution in [0.4, 0.5) is 0 Å². The molecule has 0 rings (SSSR count). The van der Waals surface area contributed by atoms with E-state index in [0.717, 1.165) is 0 Å². The molecule has 0 radical (unpaired) electrons. The molecule has 0 bridgehead atoms. The predicted molar refractivity (Wildman–Crippen MR) is 51.4 cm³/mol. The first-order valence-corrected chi connectivity index (χ1v) is 4.66. The summed E-state index contributed by atoms with van der Waals surface area (Å²) >= 11 is 11.7. The lowest BCUT2D eigenvalue weighted by atomic mass is 10.5. The normalized spacial score (nSPS) is 10.0. The molecule has 0 aromatic carbocycles. The van der Waals surface area contributed by atoms with Gasteiger partial charge < -0.3 is 4.74 Å². The van der Waals surface area contributed by atoms with Crippen molar-refractivity contribution < 1.29 is 9.53 Å². The van der Waals surface area contributed by atoms with Crippen LogP contribution in [0, 0.1) is 0 Å². The Bertz CT molecular complexity index is 103. The Morgan fingerprint density at radius 1 is 1.30 bits per heavy atom. The molecule has 0 amide bonds. The number of carbonyl (C=O) groups excluding carboxylic acids is 1. The van der Waals surface area contributed by atoms with Crippen LogP contribution in [-0.4, -0.2) is 29.3 Å². The van der Waals surface area contributed by atoms with E-state index in [1.165, 1.54) is 0 Å². The zero-order valence-electron chi connectivity index (χ0n) is 5.36. The highest BCUT2D eigenvalue weighted by Gasteiger charge is 2.08. The van der Waals surface area contributed by atoms with Gasteiger partial charge in [-0.1, -0.05) is 0 Å². The summed E-state index contributed by atoms with van der Waals surface area (Å²) < 4.78 is 4.83. The Hall–Kier alpha value is 0.520. The topological polar surface area (TPSA) is 26.3 Å². The third-order valence-corrected chi connectivity index (χ3v) is 1.91. The van der Waals surface area contributed by atoms with Crippen LogP contribution in [0.1, 0.15) is 0 Å². The zero-order chi connectivity index (χ0) is 7.98. The van der Waals surface area contributed by atoms with E-state index in [9.17, 15) is 4.79 Å². The minimum atomic E-state index is -0.323. The van der Waals surface area contributed by atoms with Gasteiger partial charge in [-0.2, -0.15) is 37.9 Å². The molecule has 2 nitrogen and oxygen atoms in total. The maximum Gasteiger partial charge on any atom is 0.315 e. The second-order valence-electron chi connectivity index (χ2n) is 1.64. The van der Waals surface area contributed by atoms with Crippen LogP contribution in [0.15, 0.2) is 0 Å². The number of esters is 1. The van der Waals surface area contributed by atoms with E-state index in [1.807, 2.05) is 0 Å². The number of hydrogen-bond acceptors (Lipinski definition) is 5. The summed E-state index contributed by atoms with van der Waals surface area (Å²) in [6.45, 7) is 0. The van der Waals surface area contributed by atoms with Gasteiger partial charge in [0.05, 0.1) is 5.75 Å². The minimum Gasteiger partial charge on any atom is -0.460 e. The molecule has 5 heteroatoms. The van der Waals surface area contributed by atoms with Gasteiger partial charge in [0.2, 0.25) is 0 Å².